The van der Waals surface area contributed by atoms with Crippen molar-refractivity contribution in [3.05, 3.63) is 106 Å². The van der Waals surface area contributed by atoms with Gasteiger partial charge >= 0.3 is 0 Å². The summed E-state index contributed by atoms with van der Waals surface area (Å²) in [5.74, 6) is 3.92. The highest BCUT2D eigenvalue weighted by Gasteiger charge is 2.48. The average molecular weight is 603 g/mol. The van der Waals surface area contributed by atoms with Crippen LogP contribution in [0, 0.1) is 11.8 Å². The van der Waals surface area contributed by atoms with E-state index in [-0.39, 0.29) is 22.9 Å². The Morgan fingerprint density at radius 3 is 1.51 bits per heavy atom. The van der Waals surface area contributed by atoms with Crippen molar-refractivity contribution in [3.8, 4) is 23.0 Å². The highest BCUT2D eigenvalue weighted by Crippen LogP contribution is 2.55. The van der Waals surface area contributed by atoms with E-state index in [4.69, 9.17) is 18.9 Å². The number of benzene rings is 4. The Hall–Kier alpha value is -4.32. The number of para-hydroxylation sites is 2. The zero-order valence-electron chi connectivity index (χ0n) is 27.0. The number of fused-ring (bicyclic) bond motifs is 8. The van der Waals surface area contributed by atoms with Gasteiger partial charge in [0.1, 0.15) is 0 Å². The largest absolute Gasteiger partial charge is 0.493 e. The molecule has 0 bridgehead atoms. The Morgan fingerprint density at radius 1 is 0.644 bits per heavy atom. The average Bonchev–Trinajstić information content (AvgIpc) is 3.04. The summed E-state index contributed by atoms with van der Waals surface area (Å²) in [5, 5.41) is 7.76. The Labute approximate surface area is 266 Å². The molecule has 0 aromatic heterocycles. The fraction of sp³-hybridized carbons (Fsp3) is 0.385. The minimum Gasteiger partial charge on any atom is -0.493 e. The van der Waals surface area contributed by atoms with E-state index >= 15 is 0 Å². The molecule has 0 saturated carbocycles. The van der Waals surface area contributed by atoms with Crippen molar-refractivity contribution in [1.29, 1.82) is 0 Å². The SMILES string of the molecule is COc1cccc2c1OC[C@@H]1[C@@H]2Nc2ccc(Cc3ccc4c(c3)C(C)(C)[C@@H]3COc5c(OC)cccc5[C@@H]3N4)cc2C1(C)C. The molecule has 0 saturated heterocycles. The molecule has 4 atom stereocenters. The maximum absolute atomic E-state index is 6.35. The van der Waals surface area contributed by atoms with Crippen LogP contribution < -0.4 is 29.6 Å². The molecule has 4 aliphatic heterocycles. The van der Waals surface area contributed by atoms with Crippen LogP contribution in [0.5, 0.6) is 23.0 Å². The zero-order valence-corrected chi connectivity index (χ0v) is 27.0. The standard InChI is InChI=1S/C39H42N2O4/c1-38(2)26-18-22(13-15-30(26)40-34-24-9-7-11-32(42-5)36(24)44-20-28(34)38)17-23-14-16-31-27(19-23)39(3,4)29-21-45-37-25(35(29)41-31)10-8-12-33(37)43-6/h7-16,18-19,28-29,34-35,40-41H,17,20-21H2,1-6H3/t28-,29-,34-,35+/m1/s1. The first-order valence-electron chi connectivity index (χ1n) is 16.1. The quantitative estimate of drug-likeness (QED) is 0.246. The van der Waals surface area contributed by atoms with Crippen LogP contribution >= 0.6 is 0 Å². The third-order valence-electron chi connectivity index (χ3n) is 11.2. The summed E-state index contributed by atoms with van der Waals surface area (Å²) in [6, 6.07) is 26.7. The normalized spacial score (nSPS) is 24.3. The molecule has 0 unspecified atom stereocenters. The number of hydrogen-bond acceptors (Lipinski definition) is 6. The number of anilines is 2. The van der Waals surface area contributed by atoms with Crippen LogP contribution in [-0.4, -0.2) is 27.4 Å². The summed E-state index contributed by atoms with van der Waals surface area (Å²) < 4.78 is 23.9. The molecule has 0 fully saturated rings. The van der Waals surface area contributed by atoms with Crippen molar-refractivity contribution in [2.45, 2.75) is 57.0 Å². The number of ether oxygens (including phenoxy) is 4. The summed E-state index contributed by atoms with van der Waals surface area (Å²) in [7, 11) is 3.41. The smallest absolute Gasteiger partial charge is 0.166 e. The van der Waals surface area contributed by atoms with Gasteiger partial charge in [0.2, 0.25) is 0 Å². The summed E-state index contributed by atoms with van der Waals surface area (Å²) in [4.78, 5) is 0. The monoisotopic (exact) mass is 602 g/mol. The predicted octanol–water partition coefficient (Wildman–Crippen LogP) is 8.20. The lowest BCUT2D eigenvalue weighted by Crippen LogP contribution is -2.46. The molecular formula is C39H42N2O4. The second kappa shape index (κ2) is 10.1. The van der Waals surface area contributed by atoms with Gasteiger partial charge in [-0.1, -0.05) is 76.2 Å². The van der Waals surface area contributed by atoms with E-state index < -0.39 is 0 Å². The minimum atomic E-state index is -0.0707. The van der Waals surface area contributed by atoms with Crippen LogP contribution in [0.1, 0.15) is 73.2 Å². The molecule has 6 nitrogen and oxygen atoms in total. The van der Waals surface area contributed by atoms with Crippen LogP contribution in [0.15, 0.2) is 72.8 Å². The molecule has 4 aromatic carbocycles. The molecule has 8 rings (SSSR count). The lowest BCUT2D eigenvalue weighted by Gasteiger charge is -2.49. The second-order valence-corrected chi connectivity index (χ2v) is 14.2. The van der Waals surface area contributed by atoms with E-state index in [2.05, 4.69) is 99.0 Å². The highest BCUT2D eigenvalue weighted by atomic mass is 16.5. The summed E-state index contributed by atoms with van der Waals surface area (Å²) in [6.07, 6.45) is 0.877. The van der Waals surface area contributed by atoms with Crippen LogP contribution in [0.4, 0.5) is 11.4 Å². The van der Waals surface area contributed by atoms with Crippen molar-refractivity contribution >= 4 is 11.4 Å². The predicted molar refractivity (Wildman–Crippen MR) is 178 cm³/mol. The topological polar surface area (TPSA) is 61.0 Å². The van der Waals surface area contributed by atoms with Crippen molar-refractivity contribution in [1.82, 2.24) is 0 Å². The Bertz CT molecular complexity index is 1680. The van der Waals surface area contributed by atoms with Crippen LogP contribution in [-0.2, 0) is 17.3 Å². The van der Waals surface area contributed by atoms with Gasteiger partial charge in [0.25, 0.3) is 0 Å². The van der Waals surface area contributed by atoms with Gasteiger partial charge in [0, 0.05) is 45.2 Å². The van der Waals surface area contributed by atoms with Gasteiger partial charge < -0.3 is 29.6 Å². The number of nitrogens with one attached hydrogen (secondary N) is 2. The molecule has 0 aliphatic carbocycles. The van der Waals surface area contributed by atoms with Crippen LogP contribution in [0.3, 0.4) is 0 Å². The van der Waals surface area contributed by atoms with Gasteiger partial charge in [-0.25, -0.2) is 0 Å². The van der Waals surface area contributed by atoms with Gasteiger partial charge in [-0.2, -0.15) is 0 Å². The first-order chi connectivity index (χ1) is 21.7. The maximum Gasteiger partial charge on any atom is 0.166 e. The lowest BCUT2D eigenvalue weighted by atomic mass is 9.64. The number of methoxy groups -OCH3 is 2. The van der Waals surface area contributed by atoms with Crippen molar-refractivity contribution in [2.24, 2.45) is 11.8 Å². The molecule has 4 aromatic rings. The summed E-state index contributed by atoms with van der Waals surface area (Å²) >= 11 is 0. The van der Waals surface area contributed by atoms with Crippen molar-refractivity contribution in [2.75, 3.05) is 38.1 Å². The van der Waals surface area contributed by atoms with E-state index in [0.29, 0.717) is 25.0 Å². The van der Waals surface area contributed by atoms with Gasteiger partial charge in [0.05, 0.1) is 39.5 Å². The molecule has 4 aliphatic rings. The van der Waals surface area contributed by atoms with Crippen LogP contribution in [0.2, 0.25) is 0 Å². The van der Waals surface area contributed by atoms with E-state index in [1.807, 2.05) is 12.1 Å². The highest BCUT2D eigenvalue weighted by molar-refractivity contribution is 5.65. The first-order valence-corrected chi connectivity index (χ1v) is 16.1. The molecule has 0 spiro atoms. The maximum atomic E-state index is 6.35. The van der Waals surface area contributed by atoms with Crippen LogP contribution in [0.25, 0.3) is 0 Å². The molecular weight excluding hydrogens is 560 g/mol. The third-order valence-corrected chi connectivity index (χ3v) is 11.2. The Kier molecular flexibility index (Phi) is 6.32. The fourth-order valence-electron chi connectivity index (χ4n) is 8.46. The molecule has 232 valence electrons. The van der Waals surface area contributed by atoms with E-state index in [1.54, 1.807) is 14.2 Å². The lowest BCUT2D eigenvalue weighted by molar-refractivity contribution is 0.131. The molecule has 0 amide bonds. The fourth-order valence-corrected chi connectivity index (χ4v) is 8.46. The Balaban J connectivity index is 1.09. The second-order valence-electron chi connectivity index (χ2n) is 14.2. The molecule has 4 heterocycles. The summed E-state index contributed by atoms with van der Waals surface area (Å²) in [6.45, 7) is 10.8. The molecule has 6 heteroatoms. The van der Waals surface area contributed by atoms with E-state index in [9.17, 15) is 0 Å². The minimum absolute atomic E-state index is 0.0707. The molecule has 0 radical (unpaired) electrons. The molecule has 45 heavy (non-hydrogen) atoms. The first kappa shape index (κ1) is 28.2. The van der Waals surface area contributed by atoms with Crippen molar-refractivity contribution in [3.63, 3.8) is 0 Å². The number of hydrogen-bond donors (Lipinski definition) is 2. The van der Waals surface area contributed by atoms with E-state index in [0.717, 1.165) is 29.4 Å². The van der Waals surface area contributed by atoms with Crippen molar-refractivity contribution < 1.29 is 18.9 Å². The number of rotatable bonds is 4. The van der Waals surface area contributed by atoms with E-state index in [1.165, 1.54) is 44.8 Å². The van der Waals surface area contributed by atoms with Gasteiger partial charge in [-0.3, -0.25) is 0 Å². The summed E-state index contributed by atoms with van der Waals surface area (Å²) in [5.41, 5.74) is 9.97. The van der Waals surface area contributed by atoms with Gasteiger partial charge in [0.15, 0.2) is 23.0 Å². The zero-order chi connectivity index (χ0) is 31.1. The Morgan fingerprint density at radius 2 is 1.09 bits per heavy atom. The van der Waals surface area contributed by atoms with Gasteiger partial charge in [-0.05, 0) is 52.9 Å². The third kappa shape index (κ3) is 4.21. The molecule has 2 N–H and O–H groups in total. The van der Waals surface area contributed by atoms with Gasteiger partial charge in [-0.15, -0.1) is 0 Å².